The van der Waals surface area contributed by atoms with Crippen molar-refractivity contribution < 1.29 is 4.79 Å². The summed E-state index contributed by atoms with van der Waals surface area (Å²) in [5.41, 5.74) is 1.64. The molecule has 3 nitrogen and oxygen atoms in total. The molecule has 0 spiro atoms. The van der Waals surface area contributed by atoms with Crippen LogP contribution in [0.1, 0.15) is 41.7 Å². The number of aromatic nitrogens is 1. The molecule has 1 amide bonds. The number of rotatable bonds is 5. The van der Waals surface area contributed by atoms with Gasteiger partial charge < -0.3 is 5.32 Å². The van der Waals surface area contributed by atoms with E-state index in [0.29, 0.717) is 10.7 Å². The summed E-state index contributed by atoms with van der Waals surface area (Å²) in [5, 5.41) is 3.38. The quantitative estimate of drug-likeness (QED) is 0.845. The molecule has 0 aliphatic carbocycles. The summed E-state index contributed by atoms with van der Waals surface area (Å²) in [4.78, 5) is 16.1. The van der Waals surface area contributed by atoms with Gasteiger partial charge in [-0.05, 0) is 24.1 Å². The Bertz CT molecular complexity index is 572. The van der Waals surface area contributed by atoms with Gasteiger partial charge in [-0.2, -0.15) is 0 Å². The Morgan fingerprint density at radius 3 is 2.70 bits per heavy atom. The summed E-state index contributed by atoms with van der Waals surface area (Å²) in [6, 6.07) is 13.2. The smallest absolute Gasteiger partial charge is 0.251 e. The van der Waals surface area contributed by atoms with Crippen LogP contribution in [-0.4, -0.2) is 10.9 Å². The molecule has 1 heterocycles. The van der Waals surface area contributed by atoms with E-state index in [-0.39, 0.29) is 11.9 Å². The van der Waals surface area contributed by atoms with Gasteiger partial charge in [0, 0.05) is 11.8 Å². The predicted octanol–water partition coefficient (Wildman–Crippen LogP) is 4.01. The first kappa shape index (κ1) is 14.5. The van der Waals surface area contributed by atoms with Gasteiger partial charge in [-0.1, -0.05) is 55.3 Å². The lowest BCUT2D eigenvalue weighted by molar-refractivity contribution is 0.0934. The van der Waals surface area contributed by atoms with E-state index in [9.17, 15) is 4.79 Å². The minimum absolute atomic E-state index is 0.0145. The molecule has 0 bridgehead atoms. The maximum atomic E-state index is 12.3. The van der Waals surface area contributed by atoms with Crippen molar-refractivity contribution in [1.29, 1.82) is 0 Å². The van der Waals surface area contributed by atoms with E-state index in [1.165, 1.54) is 6.20 Å². The number of amides is 1. The summed E-state index contributed by atoms with van der Waals surface area (Å²) in [6.07, 6.45) is 3.43. The third-order valence-electron chi connectivity index (χ3n) is 3.07. The summed E-state index contributed by atoms with van der Waals surface area (Å²) < 4.78 is 0. The van der Waals surface area contributed by atoms with Crippen molar-refractivity contribution >= 4 is 17.5 Å². The third-order valence-corrected chi connectivity index (χ3v) is 3.28. The number of halogens is 1. The second kappa shape index (κ2) is 7.06. The van der Waals surface area contributed by atoms with E-state index in [1.807, 2.05) is 30.3 Å². The summed E-state index contributed by atoms with van der Waals surface area (Å²) in [6.45, 7) is 2.10. The zero-order chi connectivity index (χ0) is 14.4. The van der Waals surface area contributed by atoms with Crippen LogP contribution in [0.4, 0.5) is 0 Å². The SMILES string of the molecule is CCCC(NC(=O)c1ccnc(Cl)c1)c1ccccc1. The van der Waals surface area contributed by atoms with Crippen molar-refractivity contribution in [3.05, 3.63) is 64.9 Å². The molecule has 0 fully saturated rings. The normalized spacial score (nSPS) is 11.9. The van der Waals surface area contributed by atoms with Gasteiger partial charge in [0.15, 0.2) is 0 Å². The molecule has 0 saturated heterocycles. The van der Waals surface area contributed by atoms with Crippen molar-refractivity contribution in [2.75, 3.05) is 0 Å². The molecule has 0 saturated carbocycles. The number of pyridine rings is 1. The highest BCUT2D eigenvalue weighted by molar-refractivity contribution is 6.29. The Kier molecular flexibility index (Phi) is 5.13. The van der Waals surface area contributed by atoms with Crippen molar-refractivity contribution in [3.8, 4) is 0 Å². The zero-order valence-corrected chi connectivity index (χ0v) is 12.1. The van der Waals surface area contributed by atoms with Crippen LogP contribution in [0.25, 0.3) is 0 Å². The topological polar surface area (TPSA) is 42.0 Å². The van der Waals surface area contributed by atoms with Gasteiger partial charge in [-0.25, -0.2) is 4.98 Å². The highest BCUT2D eigenvalue weighted by Gasteiger charge is 2.15. The van der Waals surface area contributed by atoms with E-state index in [4.69, 9.17) is 11.6 Å². The first-order valence-electron chi connectivity index (χ1n) is 6.68. The number of nitrogens with zero attached hydrogens (tertiary/aromatic N) is 1. The maximum absolute atomic E-state index is 12.3. The number of hydrogen-bond acceptors (Lipinski definition) is 2. The Morgan fingerprint density at radius 1 is 1.30 bits per heavy atom. The van der Waals surface area contributed by atoms with Gasteiger partial charge in [-0.3, -0.25) is 4.79 Å². The molecule has 4 heteroatoms. The van der Waals surface area contributed by atoms with E-state index in [2.05, 4.69) is 17.2 Å². The molecule has 20 heavy (non-hydrogen) atoms. The van der Waals surface area contributed by atoms with Gasteiger partial charge >= 0.3 is 0 Å². The highest BCUT2D eigenvalue weighted by atomic mass is 35.5. The number of nitrogens with one attached hydrogen (secondary N) is 1. The molecule has 0 aliphatic heterocycles. The molecule has 1 atom stereocenters. The second-order valence-electron chi connectivity index (χ2n) is 4.59. The predicted molar refractivity (Wildman–Crippen MR) is 80.8 cm³/mol. The number of carbonyl (C=O) groups is 1. The lowest BCUT2D eigenvalue weighted by Crippen LogP contribution is -2.28. The van der Waals surface area contributed by atoms with Gasteiger partial charge in [0.1, 0.15) is 5.15 Å². The molecule has 1 N–H and O–H groups in total. The second-order valence-corrected chi connectivity index (χ2v) is 4.98. The van der Waals surface area contributed by atoms with Crippen molar-refractivity contribution in [2.45, 2.75) is 25.8 Å². The molecular formula is C16H17ClN2O. The number of hydrogen-bond donors (Lipinski definition) is 1. The van der Waals surface area contributed by atoms with Crippen LogP contribution in [0.5, 0.6) is 0 Å². The lowest BCUT2D eigenvalue weighted by atomic mass is 10.0. The van der Waals surface area contributed by atoms with Gasteiger partial charge in [0.25, 0.3) is 5.91 Å². The molecule has 1 aromatic carbocycles. The Labute approximate surface area is 124 Å². The van der Waals surface area contributed by atoms with Gasteiger partial charge in [0.2, 0.25) is 0 Å². The zero-order valence-electron chi connectivity index (χ0n) is 11.3. The highest BCUT2D eigenvalue weighted by Crippen LogP contribution is 2.19. The monoisotopic (exact) mass is 288 g/mol. The Balaban J connectivity index is 2.14. The number of carbonyl (C=O) groups excluding carboxylic acids is 1. The molecule has 104 valence electrons. The van der Waals surface area contributed by atoms with Crippen LogP contribution >= 0.6 is 11.6 Å². The summed E-state index contributed by atoms with van der Waals surface area (Å²) in [7, 11) is 0. The van der Waals surface area contributed by atoms with E-state index in [0.717, 1.165) is 18.4 Å². The molecule has 2 rings (SSSR count). The summed E-state index contributed by atoms with van der Waals surface area (Å²) >= 11 is 5.81. The Morgan fingerprint density at radius 2 is 2.05 bits per heavy atom. The van der Waals surface area contributed by atoms with E-state index in [1.54, 1.807) is 12.1 Å². The molecule has 1 unspecified atom stereocenters. The Hall–Kier alpha value is -1.87. The lowest BCUT2D eigenvalue weighted by Gasteiger charge is -2.18. The van der Waals surface area contributed by atoms with Gasteiger partial charge in [-0.15, -0.1) is 0 Å². The average Bonchev–Trinajstić information content (AvgIpc) is 2.47. The standard InChI is InChI=1S/C16H17ClN2O/c1-2-6-14(12-7-4-3-5-8-12)19-16(20)13-9-10-18-15(17)11-13/h3-5,7-11,14H,2,6H2,1H3,(H,19,20). The minimum atomic E-state index is -0.128. The van der Waals surface area contributed by atoms with Crippen LogP contribution < -0.4 is 5.32 Å². The van der Waals surface area contributed by atoms with Crippen LogP contribution in [0.3, 0.4) is 0 Å². The first-order chi connectivity index (χ1) is 9.70. The first-order valence-corrected chi connectivity index (χ1v) is 7.06. The van der Waals surface area contributed by atoms with Crippen molar-refractivity contribution in [1.82, 2.24) is 10.3 Å². The van der Waals surface area contributed by atoms with Crippen LogP contribution in [0.15, 0.2) is 48.7 Å². The maximum Gasteiger partial charge on any atom is 0.251 e. The molecule has 0 radical (unpaired) electrons. The fourth-order valence-electron chi connectivity index (χ4n) is 2.08. The van der Waals surface area contributed by atoms with Crippen molar-refractivity contribution in [3.63, 3.8) is 0 Å². The average molecular weight is 289 g/mol. The van der Waals surface area contributed by atoms with E-state index < -0.39 is 0 Å². The molecule has 2 aromatic rings. The molecular weight excluding hydrogens is 272 g/mol. The number of benzene rings is 1. The van der Waals surface area contributed by atoms with Gasteiger partial charge in [0.05, 0.1) is 6.04 Å². The molecule has 0 aliphatic rings. The molecule has 1 aromatic heterocycles. The fourth-order valence-corrected chi connectivity index (χ4v) is 2.26. The van der Waals surface area contributed by atoms with Crippen molar-refractivity contribution in [2.24, 2.45) is 0 Å². The largest absolute Gasteiger partial charge is 0.345 e. The van der Waals surface area contributed by atoms with Crippen LogP contribution in [-0.2, 0) is 0 Å². The van der Waals surface area contributed by atoms with Crippen LogP contribution in [0, 0.1) is 0 Å². The van der Waals surface area contributed by atoms with Crippen LogP contribution in [0.2, 0.25) is 5.15 Å². The van der Waals surface area contributed by atoms with E-state index >= 15 is 0 Å². The summed E-state index contributed by atoms with van der Waals surface area (Å²) in [5.74, 6) is -0.128. The third kappa shape index (κ3) is 3.81. The minimum Gasteiger partial charge on any atom is -0.345 e. The fraction of sp³-hybridized carbons (Fsp3) is 0.250.